The lowest BCUT2D eigenvalue weighted by Gasteiger charge is -2.24. The molecular formula is C15H18N4O3S. The molecule has 3 heterocycles. The topological polar surface area (TPSA) is 88.2 Å². The van der Waals surface area contributed by atoms with Crippen molar-refractivity contribution >= 4 is 17.2 Å². The number of amides is 1. The van der Waals surface area contributed by atoms with E-state index in [4.69, 9.17) is 4.74 Å². The molecule has 122 valence electrons. The van der Waals surface area contributed by atoms with Crippen molar-refractivity contribution in [2.45, 2.75) is 32.4 Å². The van der Waals surface area contributed by atoms with E-state index in [9.17, 15) is 9.59 Å². The van der Waals surface area contributed by atoms with Gasteiger partial charge in [-0.25, -0.2) is 10.1 Å². The van der Waals surface area contributed by atoms with Crippen LogP contribution in [0.3, 0.4) is 0 Å². The number of nitrogens with one attached hydrogen (secondary N) is 1. The molecule has 1 saturated heterocycles. The third-order valence-corrected chi connectivity index (χ3v) is 4.59. The molecule has 1 atom stereocenters. The molecule has 0 spiro atoms. The second-order valence-corrected chi connectivity index (χ2v) is 6.48. The van der Waals surface area contributed by atoms with E-state index < -0.39 is 5.56 Å². The summed E-state index contributed by atoms with van der Waals surface area (Å²) < 4.78 is 5.64. The molecule has 0 aromatic carbocycles. The van der Waals surface area contributed by atoms with Gasteiger partial charge >= 0.3 is 0 Å². The van der Waals surface area contributed by atoms with E-state index >= 15 is 0 Å². The lowest BCUT2D eigenvalue weighted by atomic mass is 10.2. The van der Waals surface area contributed by atoms with Crippen molar-refractivity contribution in [2.75, 3.05) is 13.2 Å². The molecule has 1 unspecified atom stereocenters. The second-order valence-electron chi connectivity index (χ2n) is 5.54. The first kappa shape index (κ1) is 15.8. The molecule has 7 nitrogen and oxygen atoms in total. The number of aryl methyl sites for hydroxylation is 1. The molecule has 2 aromatic rings. The maximum atomic E-state index is 12.8. The van der Waals surface area contributed by atoms with Gasteiger partial charge in [0.2, 0.25) is 0 Å². The minimum Gasteiger partial charge on any atom is -0.376 e. The highest BCUT2D eigenvalue weighted by Gasteiger charge is 2.24. The average Bonchev–Trinajstić information content (AvgIpc) is 3.18. The lowest BCUT2D eigenvalue weighted by molar-refractivity contribution is 0.0506. The van der Waals surface area contributed by atoms with Crippen LogP contribution in [0.25, 0.3) is 0 Å². The number of thiazole rings is 1. The third-order valence-electron chi connectivity index (χ3n) is 3.64. The van der Waals surface area contributed by atoms with E-state index in [1.54, 1.807) is 4.90 Å². The molecule has 0 bridgehead atoms. The van der Waals surface area contributed by atoms with Gasteiger partial charge in [0.25, 0.3) is 11.5 Å². The van der Waals surface area contributed by atoms with Crippen LogP contribution in [0.5, 0.6) is 0 Å². The van der Waals surface area contributed by atoms with E-state index in [0.29, 0.717) is 13.1 Å². The minimum absolute atomic E-state index is 0.0370. The van der Waals surface area contributed by atoms with Gasteiger partial charge in [0.1, 0.15) is 5.01 Å². The molecule has 2 aromatic heterocycles. The van der Waals surface area contributed by atoms with Crippen molar-refractivity contribution in [3.05, 3.63) is 44.3 Å². The van der Waals surface area contributed by atoms with Crippen molar-refractivity contribution in [3.8, 4) is 0 Å². The van der Waals surface area contributed by atoms with E-state index in [1.807, 2.05) is 12.3 Å². The first-order valence-corrected chi connectivity index (χ1v) is 8.36. The van der Waals surface area contributed by atoms with Gasteiger partial charge in [0.05, 0.1) is 24.4 Å². The predicted octanol–water partition coefficient (Wildman–Crippen LogP) is 1.36. The number of H-pyrrole nitrogens is 1. The minimum atomic E-state index is -0.391. The van der Waals surface area contributed by atoms with E-state index in [0.717, 1.165) is 30.2 Å². The summed E-state index contributed by atoms with van der Waals surface area (Å²) in [6.45, 7) is 3.55. The van der Waals surface area contributed by atoms with Gasteiger partial charge in [-0.2, -0.15) is 5.10 Å². The standard InChI is InChI=1S/C15H18N4O3S/c1-10-9-23-14(17-10)8-19(7-12-3-2-4-22-12)15(21)11-5-13(20)18-16-6-11/h5-6,9,12H,2-4,7-8H2,1H3,(H,18,20). The van der Waals surface area contributed by atoms with E-state index in [-0.39, 0.29) is 17.6 Å². The molecule has 0 radical (unpaired) electrons. The average molecular weight is 334 g/mol. The van der Waals surface area contributed by atoms with Gasteiger partial charge in [-0.1, -0.05) is 0 Å². The molecule has 0 saturated carbocycles. The summed E-state index contributed by atoms with van der Waals surface area (Å²) in [5.74, 6) is -0.230. The zero-order valence-corrected chi connectivity index (χ0v) is 13.6. The van der Waals surface area contributed by atoms with Crippen LogP contribution in [0.15, 0.2) is 22.4 Å². The van der Waals surface area contributed by atoms with Gasteiger partial charge in [-0.3, -0.25) is 9.59 Å². The summed E-state index contributed by atoms with van der Waals surface area (Å²) in [6.07, 6.45) is 3.36. The molecule has 8 heteroatoms. The molecule has 1 amide bonds. The Kier molecular flexibility index (Phi) is 4.82. The quantitative estimate of drug-likeness (QED) is 0.892. The maximum absolute atomic E-state index is 12.8. The fourth-order valence-corrected chi connectivity index (χ4v) is 3.35. The van der Waals surface area contributed by atoms with Crippen LogP contribution in [0.4, 0.5) is 0 Å². The summed E-state index contributed by atoms with van der Waals surface area (Å²) in [4.78, 5) is 30.3. The van der Waals surface area contributed by atoms with Gasteiger partial charge in [-0.15, -0.1) is 11.3 Å². The molecular weight excluding hydrogens is 316 g/mol. The summed E-state index contributed by atoms with van der Waals surface area (Å²) in [5.41, 5.74) is 0.824. The number of ether oxygens (including phenoxy) is 1. The highest BCUT2D eigenvalue weighted by atomic mass is 32.1. The zero-order chi connectivity index (χ0) is 16.2. The van der Waals surface area contributed by atoms with E-state index in [2.05, 4.69) is 15.2 Å². The first-order valence-electron chi connectivity index (χ1n) is 7.48. The SMILES string of the molecule is Cc1csc(CN(CC2CCCO2)C(=O)c2cn[nH]c(=O)c2)n1. The highest BCUT2D eigenvalue weighted by molar-refractivity contribution is 7.09. The van der Waals surface area contributed by atoms with Gasteiger partial charge in [-0.05, 0) is 19.8 Å². The van der Waals surface area contributed by atoms with Crippen LogP contribution in [0.2, 0.25) is 0 Å². The molecule has 1 fully saturated rings. The first-order chi connectivity index (χ1) is 11.1. The Hall–Kier alpha value is -2.06. The zero-order valence-electron chi connectivity index (χ0n) is 12.8. The number of hydrogen-bond donors (Lipinski definition) is 1. The third kappa shape index (κ3) is 4.02. The van der Waals surface area contributed by atoms with Crippen molar-refractivity contribution in [1.82, 2.24) is 20.1 Å². The predicted molar refractivity (Wildman–Crippen MR) is 85.4 cm³/mol. The number of rotatable bonds is 5. The Morgan fingerprint density at radius 3 is 3.09 bits per heavy atom. The molecule has 23 heavy (non-hydrogen) atoms. The highest BCUT2D eigenvalue weighted by Crippen LogP contribution is 2.18. The second kappa shape index (κ2) is 7.01. The van der Waals surface area contributed by atoms with Crippen LogP contribution in [-0.4, -0.2) is 45.2 Å². The van der Waals surface area contributed by atoms with Gasteiger partial charge in [0, 0.05) is 30.3 Å². The Bertz CT molecular complexity index is 736. The van der Waals surface area contributed by atoms with Crippen LogP contribution in [0, 0.1) is 6.92 Å². The summed E-state index contributed by atoms with van der Waals surface area (Å²) in [7, 11) is 0. The summed E-state index contributed by atoms with van der Waals surface area (Å²) in [6, 6.07) is 1.27. The van der Waals surface area contributed by atoms with Crippen molar-refractivity contribution in [2.24, 2.45) is 0 Å². The lowest BCUT2D eigenvalue weighted by Crippen LogP contribution is -2.37. The summed E-state index contributed by atoms with van der Waals surface area (Å²) in [5, 5.41) is 8.81. The number of carbonyl (C=O) groups is 1. The number of hydrogen-bond acceptors (Lipinski definition) is 6. The van der Waals surface area contributed by atoms with Crippen molar-refractivity contribution in [3.63, 3.8) is 0 Å². The monoisotopic (exact) mass is 334 g/mol. The van der Waals surface area contributed by atoms with Crippen molar-refractivity contribution < 1.29 is 9.53 Å². The number of aromatic nitrogens is 3. The fourth-order valence-electron chi connectivity index (χ4n) is 2.57. The number of carbonyl (C=O) groups excluding carboxylic acids is 1. The molecule has 1 aliphatic heterocycles. The summed E-state index contributed by atoms with van der Waals surface area (Å²) >= 11 is 1.52. The van der Waals surface area contributed by atoms with Crippen LogP contribution < -0.4 is 5.56 Å². The van der Waals surface area contributed by atoms with Crippen molar-refractivity contribution in [1.29, 1.82) is 0 Å². The molecule has 3 rings (SSSR count). The smallest absolute Gasteiger partial charge is 0.264 e. The number of aromatic amines is 1. The van der Waals surface area contributed by atoms with E-state index in [1.165, 1.54) is 23.6 Å². The van der Waals surface area contributed by atoms with Crippen LogP contribution in [0.1, 0.15) is 33.9 Å². The normalized spacial score (nSPS) is 17.3. The largest absolute Gasteiger partial charge is 0.376 e. The molecule has 1 N–H and O–H groups in total. The Morgan fingerprint density at radius 2 is 2.43 bits per heavy atom. The fraction of sp³-hybridized carbons (Fsp3) is 0.467. The van der Waals surface area contributed by atoms with Gasteiger partial charge in [0.15, 0.2) is 0 Å². The Labute approximate surface area is 137 Å². The number of nitrogens with zero attached hydrogens (tertiary/aromatic N) is 3. The Morgan fingerprint density at radius 1 is 1.57 bits per heavy atom. The van der Waals surface area contributed by atoms with Crippen LogP contribution in [-0.2, 0) is 11.3 Å². The maximum Gasteiger partial charge on any atom is 0.264 e. The van der Waals surface area contributed by atoms with Gasteiger partial charge < -0.3 is 9.64 Å². The molecule has 1 aliphatic rings. The Balaban J connectivity index is 1.80. The van der Waals surface area contributed by atoms with Crippen LogP contribution >= 0.6 is 11.3 Å². The molecule has 0 aliphatic carbocycles.